The van der Waals surface area contributed by atoms with E-state index < -0.39 is 0 Å². The number of aromatic nitrogens is 3. The van der Waals surface area contributed by atoms with E-state index in [9.17, 15) is 0 Å². The van der Waals surface area contributed by atoms with Gasteiger partial charge < -0.3 is 19.7 Å². The number of ether oxygens (including phenoxy) is 2. The predicted octanol–water partition coefficient (Wildman–Crippen LogP) is 1.05. The van der Waals surface area contributed by atoms with Crippen LogP contribution in [0.3, 0.4) is 0 Å². The van der Waals surface area contributed by atoms with Crippen molar-refractivity contribution in [1.29, 1.82) is 0 Å². The van der Waals surface area contributed by atoms with Gasteiger partial charge in [0.1, 0.15) is 17.9 Å². The normalized spacial score (nSPS) is 11.4. The highest BCUT2D eigenvalue weighted by Gasteiger charge is 2.09. The number of methoxy groups -OCH3 is 1. The molecule has 0 radical (unpaired) electrons. The Kier molecular flexibility index (Phi) is 7.21. The Hall–Kier alpha value is -2.61. The van der Waals surface area contributed by atoms with Crippen molar-refractivity contribution in [3.8, 4) is 5.75 Å². The maximum Gasteiger partial charge on any atom is 0.193 e. The van der Waals surface area contributed by atoms with E-state index in [1.807, 2.05) is 43.3 Å². The fraction of sp³-hybridized carbons (Fsp3) is 0.471. The van der Waals surface area contributed by atoms with E-state index in [0.29, 0.717) is 26.3 Å². The summed E-state index contributed by atoms with van der Waals surface area (Å²) < 4.78 is 12.8. The van der Waals surface area contributed by atoms with Crippen molar-refractivity contribution in [3.63, 3.8) is 0 Å². The number of rotatable bonds is 8. The average Bonchev–Trinajstić information content (AvgIpc) is 3.03. The molecule has 0 unspecified atom stereocenters. The Morgan fingerprint density at radius 2 is 2.16 bits per heavy atom. The summed E-state index contributed by atoms with van der Waals surface area (Å²) in [6.45, 7) is 2.36. The molecule has 1 N–H and O–H groups in total. The van der Waals surface area contributed by atoms with Gasteiger partial charge in [-0.15, -0.1) is 0 Å². The van der Waals surface area contributed by atoms with Crippen LogP contribution in [0.2, 0.25) is 0 Å². The van der Waals surface area contributed by atoms with Crippen LogP contribution in [0.25, 0.3) is 0 Å². The van der Waals surface area contributed by atoms with Crippen LogP contribution in [0.15, 0.2) is 35.6 Å². The van der Waals surface area contributed by atoms with E-state index in [0.717, 1.165) is 23.1 Å². The lowest BCUT2D eigenvalue weighted by Gasteiger charge is -2.21. The molecule has 2 aromatic rings. The molecule has 0 saturated carbocycles. The minimum absolute atomic E-state index is 0.513. The summed E-state index contributed by atoms with van der Waals surface area (Å²) in [5, 5.41) is 7.35. The highest BCUT2D eigenvalue weighted by molar-refractivity contribution is 5.79. The standard InChI is InChI=1S/C17H26N6O2/c1-18-17(22(2)11-16-20-13-21-23(16)3)19-9-10-25-12-14-7-5-6-8-15(14)24-4/h5-8,13H,9-12H2,1-4H3,(H,18,19). The quantitative estimate of drug-likeness (QED) is 0.437. The Morgan fingerprint density at radius 1 is 1.36 bits per heavy atom. The zero-order chi connectivity index (χ0) is 18.1. The van der Waals surface area contributed by atoms with Gasteiger partial charge in [-0.05, 0) is 6.07 Å². The second kappa shape index (κ2) is 9.63. The van der Waals surface area contributed by atoms with Crippen LogP contribution in [0.1, 0.15) is 11.4 Å². The molecule has 0 fully saturated rings. The highest BCUT2D eigenvalue weighted by atomic mass is 16.5. The topological polar surface area (TPSA) is 76.8 Å². The van der Waals surface area contributed by atoms with Crippen molar-refractivity contribution < 1.29 is 9.47 Å². The molecule has 136 valence electrons. The van der Waals surface area contributed by atoms with Crippen molar-refractivity contribution >= 4 is 5.96 Å². The van der Waals surface area contributed by atoms with E-state index in [1.165, 1.54) is 0 Å². The lowest BCUT2D eigenvalue weighted by Crippen LogP contribution is -2.40. The Morgan fingerprint density at radius 3 is 2.84 bits per heavy atom. The largest absolute Gasteiger partial charge is 0.496 e. The summed E-state index contributed by atoms with van der Waals surface area (Å²) in [6.07, 6.45) is 1.55. The predicted molar refractivity (Wildman–Crippen MR) is 96.5 cm³/mol. The van der Waals surface area contributed by atoms with Gasteiger partial charge >= 0.3 is 0 Å². The van der Waals surface area contributed by atoms with Crippen LogP contribution in [0, 0.1) is 0 Å². The third kappa shape index (κ3) is 5.46. The third-order valence-electron chi connectivity index (χ3n) is 3.74. The molecule has 0 aliphatic carbocycles. The second-order valence-electron chi connectivity index (χ2n) is 5.49. The molecule has 0 saturated heterocycles. The summed E-state index contributed by atoms with van der Waals surface area (Å²) in [7, 11) is 7.25. The van der Waals surface area contributed by atoms with E-state index in [4.69, 9.17) is 9.47 Å². The molecule has 8 heteroatoms. The number of nitrogens with zero attached hydrogens (tertiary/aromatic N) is 5. The first-order chi connectivity index (χ1) is 12.2. The van der Waals surface area contributed by atoms with Gasteiger partial charge in [0, 0.05) is 33.3 Å². The van der Waals surface area contributed by atoms with Crippen LogP contribution in [-0.4, -0.2) is 60.0 Å². The molecule has 1 aromatic heterocycles. The van der Waals surface area contributed by atoms with E-state index in [1.54, 1.807) is 25.2 Å². The Balaban J connectivity index is 1.73. The molecular weight excluding hydrogens is 320 g/mol. The zero-order valence-electron chi connectivity index (χ0n) is 15.3. The molecule has 2 rings (SSSR count). The van der Waals surface area contributed by atoms with Crippen LogP contribution >= 0.6 is 0 Å². The number of aliphatic imine (C=N–C) groups is 1. The first-order valence-electron chi connectivity index (χ1n) is 8.10. The average molecular weight is 346 g/mol. The van der Waals surface area contributed by atoms with Crippen LogP contribution in [0.4, 0.5) is 0 Å². The minimum Gasteiger partial charge on any atom is -0.496 e. The highest BCUT2D eigenvalue weighted by Crippen LogP contribution is 2.17. The van der Waals surface area contributed by atoms with Gasteiger partial charge in [-0.1, -0.05) is 18.2 Å². The Labute approximate surface area is 148 Å². The van der Waals surface area contributed by atoms with Crippen molar-refractivity contribution in [2.45, 2.75) is 13.2 Å². The lowest BCUT2D eigenvalue weighted by atomic mass is 10.2. The molecule has 0 amide bonds. The van der Waals surface area contributed by atoms with Crippen LogP contribution < -0.4 is 10.1 Å². The van der Waals surface area contributed by atoms with Crippen LogP contribution in [-0.2, 0) is 24.9 Å². The molecule has 8 nitrogen and oxygen atoms in total. The lowest BCUT2D eigenvalue weighted by molar-refractivity contribution is 0.123. The van der Waals surface area contributed by atoms with Gasteiger partial charge in [-0.2, -0.15) is 5.10 Å². The van der Waals surface area contributed by atoms with Crippen molar-refractivity contribution in [3.05, 3.63) is 42.0 Å². The number of benzene rings is 1. The number of guanidine groups is 1. The fourth-order valence-electron chi connectivity index (χ4n) is 2.37. The SMILES string of the molecule is CN=C(NCCOCc1ccccc1OC)N(C)Cc1ncnn1C. The first kappa shape index (κ1) is 18.7. The smallest absolute Gasteiger partial charge is 0.193 e. The van der Waals surface area contributed by atoms with Gasteiger partial charge in [-0.25, -0.2) is 4.98 Å². The van der Waals surface area contributed by atoms with Crippen molar-refractivity contribution in [2.24, 2.45) is 12.0 Å². The monoisotopic (exact) mass is 346 g/mol. The summed E-state index contributed by atoms with van der Waals surface area (Å²) in [5.41, 5.74) is 1.04. The Bertz CT molecular complexity index is 685. The van der Waals surface area contributed by atoms with Crippen molar-refractivity contribution in [1.82, 2.24) is 25.0 Å². The van der Waals surface area contributed by atoms with Gasteiger partial charge in [0.2, 0.25) is 0 Å². The number of para-hydroxylation sites is 1. The van der Waals surface area contributed by atoms with Gasteiger partial charge in [0.15, 0.2) is 5.96 Å². The molecular formula is C17H26N6O2. The molecule has 1 aromatic carbocycles. The van der Waals surface area contributed by atoms with E-state index in [-0.39, 0.29) is 0 Å². The molecule has 25 heavy (non-hydrogen) atoms. The van der Waals surface area contributed by atoms with E-state index in [2.05, 4.69) is 20.4 Å². The molecule has 0 bridgehead atoms. The molecule has 0 aliphatic heterocycles. The molecule has 0 atom stereocenters. The number of hydrogen-bond donors (Lipinski definition) is 1. The number of nitrogens with one attached hydrogen (secondary N) is 1. The molecule has 1 heterocycles. The van der Waals surface area contributed by atoms with Gasteiger partial charge in [-0.3, -0.25) is 9.67 Å². The van der Waals surface area contributed by atoms with Gasteiger partial charge in [0.05, 0.1) is 26.9 Å². The number of aryl methyl sites for hydroxylation is 1. The molecule has 0 aliphatic rings. The van der Waals surface area contributed by atoms with Crippen molar-refractivity contribution in [2.75, 3.05) is 34.4 Å². The fourth-order valence-corrected chi connectivity index (χ4v) is 2.37. The van der Waals surface area contributed by atoms with Gasteiger partial charge in [0.25, 0.3) is 0 Å². The van der Waals surface area contributed by atoms with Crippen LogP contribution in [0.5, 0.6) is 5.75 Å². The first-order valence-corrected chi connectivity index (χ1v) is 8.10. The summed E-state index contributed by atoms with van der Waals surface area (Å²) in [5.74, 6) is 2.50. The molecule has 0 spiro atoms. The summed E-state index contributed by atoms with van der Waals surface area (Å²) >= 11 is 0. The maximum absolute atomic E-state index is 5.72. The maximum atomic E-state index is 5.72. The summed E-state index contributed by atoms with van der Waals surface area (Å²) in [4.78, 5) is 10.5. The summed E-state index contributed by atoms with van der Waals surface area (Å²) in [6, 6.07) is 7.85. The number of hydrogen-bond acceptors (Lipinski definition) is 5. The third-order valence-corrected chi connectivity index (χ3v) is 3.74. The van der Waals surface area contributed by atoms with E-state index >= 15 is 0 Å². The second-order valence-corrected chi connectivity index (χ2v) is 5.49. The minimum atomic E-state index is 0.513. The zero-order valence-corrected chi connectivity index (χ0v) is 15.3.